The molecule has 3 rings (SSSR count). The smallest absolute Gasteiger partial charge is 0.207 e. The quantitative estimate of drug-likeness (QED) is 0.908. The van der Waals surface area contributed by atoms with E-state index in [-0.39, 0.29) is 4.90 Å². The average Bonchev–Trinajstić information content (AvgIpc) is 2.56. The van der Waals surface area contributed by atoms with E-state index in [2.05, 4.69) is 4.72 Å². The Kier molecular flexibility index (Phi) is 4.69. The monoisotopic (exact) mass is 351 g/mol. The predicted octanol–water partition coefficient (Wildman–Crippen LogP) is 3.88. The molecular formula is C18H19F2NO2S. The first-order valence-corrected chi connectivity index (χ1v) is 9.44. The SMILES string of the molecule is CC(NS(=O)(=O)c1ccc2c(c1)CCCC2)c1ccc(F)c(F)c1. The molecule has 24 heavy (non-hydrogen) atoms. The Morgan fingerprint density at radius 2 is 1.67 bits per heavy atom. The second kappa shape index (κ2) is 6.61. The number of rotatable bonds is 4. The molecule has 0 amide bonds. The largest absolute Gasteiger partial charge is 0.241 e. The minimum Gasteiger partial charge on any atom is -0.207 e. The van der Waals surface area contributed by atoms with Crippen LogP contribution in [-0.2, 0) is 22.9 Å². The molecule has 0 radical (unpaired) electrons. The standard InChI is InChI=1S/C18H19F2NO2S/c1-12(14-7-9-17(19)18(20)11-14)21-24(22,23)16-8-6-13-4-2-3-5-15(13)10-16/h6-12,21H,2-5H2,1H3. The van der Waals surface area contributed by atoms with Crippen molar-refractivity contribution in [3.8, 4) is 0 Å². The molecule has 0 fully saturated rings. The number of hydrogen-bond donors (Lipinski definition) is 1. The highest BCUT2D eigenvalue weighted by Gasteiger charge is 2.21. The Labute approximate surface area is 140 Å². The number of halogens is 2. The molecule has 6 heteroatoms. The van der Waals surface area contributed by atoms with Crippen molar-refractivity contribution in [1.82, 2.24) is 4.72 Å². The van der Waals surface area contributed by atoms with E-state index >= 15 is 0 Å². The van der Waals surface area contributed by atoms with E-state index in [4.69, 9.17) is 0 Å². The molecule has 0 spiro atoms. The zero-order valence-electron chi connectivity index (χ0n) is 13.4. The molecule has 0 bridgehead atoms. The normalized spacial score (nSPS) is 15.8. The van der Waals surface area contributed by atoms with Gasteiger partial charge in [0.25, 0.3) is 0 Å². The average molecular weight is 351 g/mol. The maximum atomic E-state index is 13.3. The number of sulfonamides is 1. The molecule has 1 unspecified atom stereocenters. The lowest BCUT2D eigenvalue weighted by Gasteiger charge is -2.18. The van der Waals surface area contributed by atoms with Gasteiger partial charge < -0.3 is 0 Å². The van der Waals surface area contributed by atoms with E-state index in [1.165, 1.54) is 11.6 Å². The fourth-order valence-electron chi connectivity index (χ4n) is 3.03. The number of hydrogen-bond acceptors (Lipinski definition) is 2. The van der Waals surface area contributed by atoms with E-state index in [0.29, 0.717) is 5.56 Å². The lowest BCUT2D eigenvalue weighted by atomic mass is 9.92. The first-order valence-electron chi connectivity index (χ1n) is 7.96. The van der Waals surface area contributed by atoms with Crippen molar-refractivity contribution in [2.75, 3.05) is 0 Å². The van der Waals surface area contributed by atoms with Gasteiger partial charge in [-0.15, -0.1) is 0 Å². The maximum Gasteiger partial charge on any atom is 0.241 e. The molecule has 1 aliphatic carbocycles. The van der Waals surface area contributed by atoms with Gasteiger partial charge in [-0.2, -0.15) is 0 Å². The van der Waals surface area contributed by atoms with Gasteiger partial charge in [-0.3, -0.25) is 0 Å². The summed E-state index contributed by atoms with van der Waals surface area (Å²) >= 11 is 0. The molecule has 1 N–H and O–H groups in total. The molecule has 0 aliphatic heterocycles. The van der Waals surface area contributed by atoms with Gasteiger partial charge in [0.05, 0.1) is 4.90 Å². The molecule has 2 aromatic rings. The van der Waals surface area contributed by atoms with Gasteiger partial charge in [-0.25, -0.2) is 21.9 Å². The van der Waals surface area contributed by atoms with Crippen molar-refractivity contribution >= 4 is 10.0 Å². The van der Waals surface area contributed by atoms with Crippen LogP contribution in [0.2, 0.25) is 0 Å². The van der Waals surface area contributed by atoms with Crippen LogP contribution in [0.5, 0.6) is 0 Å². The van der Waals surface area contributed by atoms with Gasteiger partial charge in [0.1, 0.15) is 0 Å². The second-order valence-corrected chi connectivity index (χ2v) is 7.87. The Morgan fingerprint density at radius 1 is 0.958 bits per heavy atom. The fraction of sp³-hybridized carbons (Fsp3) is 0.333. The second-order valence-electron chi connectivity index (χ2n) is 6.15. The highest BCUT2D eigenvalue weighted by molar-refractivity contribution is 7.89. The Bertz CT molecular complexity index is 865. The van der Waals surface area contributed by atoms with Crippen molar-refractivity contribution in [2.24, 2.45) is 0 Å². The van der Waals surface area contributed by atoms with Crippen LogP contribution in [0, 0.1) is 11.6 Å². The first-order chi connectivity index (χ1) is 11.4. The highest BCUT2D eigenvalue weighted by atomic mass is 32.2. The predicted molar refractivity (Wildman–Crippen MR) is 88.2 cm³/mol. The Hall–Kier alpha value is -1.79. The third-order valence-electron chi connectivity index (χ3n) is 4.41. The van der Waals surface area contributed by atoms with Gasteiger partial charge in [-0.1, -0.05) is 12.1 Å². The third-order valence-corrected chi connectivity index (χ3v) is 5.94. The van der Waals surface area contributed by atoms with Crippen LogP contribution < -0.4 is 4.72 Å². The highest BCUT2D eigenvalue weighted by Crippen LogP contribution is 2.25. The topological polar surface area (TPSA) is 46.2 Å². The minimum atomic E-state index is -3.73. The lowest BCUT2D eigenvalue weighted by Crippen LogP contribution is -2.27. The summed E-state index contributed by atoms with van der Waals surface area (Å²) in [7, 11) is -3.73. The van der Waals surface area contributed by atoms with E-state index in [0.717, 1.165) is 43.4 Å². The van der Waals surface area contributed by atoms with Crippen LogP contribution in [0.4, 0.5) is 8.78 Å². The fourth-order valence-corrected chi connectivity index (χ4v) is 4.31. The van der Waals surface area contributed by atoms with Crippen molar-refractivity contribution in [3.05, 3.63) is 64.7 Å². The summed E-state index contributed by atoms with van der Waals surface area (Å²) < 4.78 is 54.0. The minimum absolute atomic E-state index is 0.206. The molecular weight excluding hydrogens is 332 g/mol. The van der Waals surface area contributed by atoms with Gasteiger partial charge in [-0.05, 0) is 73.6 Å². The summed E-state index contributed by atoms with van der Waals surface area (Å²) in [5.74, 6) is -1.95. The first kappa shape index (κ1) is 17.0. The van der Waals surface area contributed by atoms with Crippen molar-refractivity contribution in [3.63, 3.8) is 0 Å². The van der Waals surface area contributed by atoms with E-state index in [9.17, 15) is 17.2 Å². The third kappa shape index (κ3) is 3.49. The van der Waals surface area contributed by atoms with E-state index < -0.39 is 27.7 Å². The van der Waals surface area contributed by atoms with Gasteiger partial charge in [0.2, 0.25) is 10.0 Å². The van der Waals surface area contributed by atoms with Crippen molar-refractivity contribution in [2.45, 2.75) is 43.5 Å². The summed E-state index contributed by atoms with van der Waals surface area (Å²) in [6.07, 6.45) is 4.06. The van der Waals surface area contributed by atoms with Crippen LogP contribution in [0.15, 0.2) is 41.3 Å². The summed E-state index contributed by atoms with van der Waals surface area (Å²) in [6, 6.07) is 7.90. The van der Waals surface area contributed by atoms with E-state index in [1.54, 1.807) is 19.1 Å². The van der Waals surface area contributed by atoms with E-state index in [1.807, 2.05) is 6.07 Å². The summed E-state index contributed by atoms with van der Waals surface area (Å²) in [4.78, 5) is 0.206. The summed E-state index contributed by atoms with van der Waals surface area (Å²) in [6.45, 7) is 1.60. The molecule has 3 nitrogen and oxygen atoms in total. The van der Waals surface area contributed by atoms with Crippen LogP contribution in [0.25, 0.3) is 0 Å². The van der Waals surface area contributed by atoms with Crippen LogP contribution in [0.1, 0.15) is 42.5 Å². The number of fused-ring (bicyclic) bond motifs is 1. The summed E-state index contributed by atoms with van der Waals surface area (Å²) in [5.41, 5.74) is 2.65. The molecule has 0 saturated carbocycles. The molecule has 128 valence electrons. The zero-order chi connectivity index (χ0) is 17.3. The molecule has 1 aliphatic rings. The van der Waals surface area contributed by atoms with Gasteiger partial charge in [0.15, 0.2) is 11.6 Å². The van der Waals surface area contributed by atoms with Crippen molar-refractivity contribution < 1.29 is 17.2 Å². The lowest BCUT2D eigenvalue weighted by molar-refractivity contribution is 0.504. The Balaban J connectivity index is 1.84. The number of benzene rings is 2. The molecule has 0 aromatic heterocycles. The molecule has 1 atom stereocenters. The van der Waals surface area contributed by atoms with Crippen LogP contribution >= 0.6 is 0 Å². The van der Waals surface area contributed by atoms with Gasteiger partial charge >= 0.3 is 0 Å². The zero-order valence-corrected chi connectivity index (χ0v) is 14.2. The molecule has 0 saturated heterocycles. The van der Waals surface area contributed by atoms with Crippen molar-refractivity contribution in [1.29, 1.82) is 0 Å². The number of aryl methyl sites for hydroxylation is 2. The van der Waals surface area contributed by atoms with Crippen LogP contribution in [-0.4, -0.2) is 8.42 Å². The van der Waals surface area contributed by atoms with Gasteiger partial charge in [0, 0.05) is 6.04 Å². The van der Waals surface area contributed by atoms with Crippen LogP contribution in [0.3, 0.4) is 0 Å². The maximum absolute atomic E-state index is 13.3. The molecule has 0 heterocycles. The molecule has 2 aromatic carbocycles. The Morgan fingerprint density at radius 3 is 2.38 bits per heavy atom. The number of nitrogens with one attached hydrogen (secondary N) is 1. The summed E-state index contributed by atoms with van der Waals surface area (Å²) in [5, 5.41) is 0.